The standard InChI is InChI=1S/C13H11F3N2O/c14-13(15,16)12(10-6-3-4-8-18-10)19-11-7-2-1-5-9(11)17/h1-8,12H,17H2. The summed E-state index contributed by atoms with van der Waals surface area (Å²) < 4.78 is 44.0. The van der Waals surface area contributed by atoms with Crippen LogP contribution in [0.1, 0.15) is 11.8 Å². The van der Waals surface area contributed by atoms with Crippen molar-refractivity contribution in [3.63, 3.8) is 0 Å². The monoisotopic (exact) mass is 268 g/mol. The zero-order chi connectivity index (χ0) is 13.9. The summed E-state index contributed by atoms with van der Waals surface area (Å²) in [5.74, 6) is -0.0181. The van der Waals surface area contributed by atoms with Crippen molar-refractivity contribution in [1.29, 1.82) is 0 Å². The largest absolute Gasteiger partial charge is 0.472 e. The van der Waals surface area contributed by atoms with Crippen molar-refractivity contribution in [2.75, 3.05) is 5.73 Å². The number of hydrogen-bond acceptors (Lipinski definition) is 3. The number of nitrogens with zero attached hydrogens (tertiary/aromatic N) is 1. The van der Waals surface area contributed by atoms with E-state index in [0.717, 1.165) is 0 Å². The van der Waals surface area contributed by atoms with Crippen LogP contribution >= 0.6 is 0 Å². The zero-order valence-electron chi connectivity index (χ0n) is 9.76. The van der Waals surface area contributed by atoms with Gasteiger partial charge in [0.2, 0.25) is 6.10 Å². The number of nitrogens with two attached hydrogens (primary N) is 1. The van der Waals surface area contributed by atoms with Gasteiger partial charge < -0.3 is 10.5 Å². The lowest BCUT2D eigenvalue weighted by Gasteiger charge is -2.21. The molecule has 1 heterocycles. The molecule has 0 saturated heterocycles. The first-order valence-electron chi connectivity index (χ1n) is 5.47. The van der Waals surface area contributed by atoms with Crippen molar-refractivity contribution in [3.05, 3.63) is 54.4 Å². The lowest BCUT2D eigenvalue weighted by atomic mass is 10.2. The van der Waals surface area contributed by atoms with Crippen LogP contribution in [0, 0.1) is 0 Å². The van der Waals surface area contributed by atoms with E-state index >= 15 is 0 Å². The Bertz CT molecular complexity index is 543. The lowest BCUT2D eigenvalue weighted by molar-refractivity contribution is -0.198. The Morgan fingerprint density at radius 2 is 1.74 bits per heavy atom. The maximum atomic E-state index is 13.0. The topological polar surface area (TPSA) is 48.1 Å². The first kappa shape index (κ1) is 13.2. The van der Waals surface area contributed by atoms with E-state index in [1.54, 1.807) is 12.1 Å². The van der Waals surface area contributed by atoms with Crippen molar-refractivity contribution < 1.29 is 17.9 Å². The summed E-state index contributed by atoms with van der Waals surface area (Å²) in [6, 6.07) is 10.3. The molecule has 100 valence electrons. The number of ether oxygens (including phenoxy) is 1. The van der Waals surface area contributed by atoms with E-state index in [1.165, 1.54) is 36.5 Å². The van der Waals surface area contributed by atoms with Gasteiger partial charge in [-0.25, -0.2) is 0 Å². The van der Waals surface area contributed by atoms with Gasteiger partial charge in [-0.15, -0.1) is 0 Å². The molecule has 0 spiro atoms. The fourth-order valence-corrected chi connectivity index (χ4v) is 1.54. The zero-order valence-corrected chi connectivity index (χ0v) is 9.76. The molecule has 2 aromatic rings. The molecular weight excluding hydrogens is 257 g/mol. The third kappa shape index (κ3) is 3.15. The summed E-state index contributed by atoms with van der Waals surface area (Å²) >= 11 is 0. The van der Waals surface area contributed by atoms with Crippen molar-refractivity contribution in [2.24, 2.45) is 0 Å². The van der Waals surface area contributed by atoms with Crippen LogP contribution in [0.4, 0.5) is 18.9 Å². The number of alkyl halides is 3. The summed E-state index contributed by atoms with van der Waals surface area (Å²) in [4.78, 5) is 3.69. The summed E-state index contributed by atoms with van der Waals surface area (Å²) in [5, 5.41) is 0. The fourth-order valence-electron chi connectivity index (χ4n) is 1.54. The number of hydrogen-bond donors (Lipinski definition) is 1. The van der Waals surface area contributed by atoms with Crippen molar-refractivity contribution in [1.82, 2.24) is 4.98 Å². The summed E-state index contributed by atoms with van der Waals surface area (Å²) in [6.07, 6.45) is -5.43. The molecule has 0 bridgehead atoms. The number of para-hydroxylation sites is 2. The van der Waals surface area contributed by atoms with Gasteiger partial charge in [-0.2, -0.15) is 13.2 Å². The average Bonchev–Trinajstić information content (AvgIpc) is 2.37. The van der Waals surface area contributed by atoms with Gasteiger partial charge in [0.05, 0.1) is 11.4 Å². The molecule has 0 aliphatic carbocycles. The van der Waals surface area contributed by atoms with Gasteiger partial charge in [0.15, 0.2) is 0 Å². The molecular formula is C13H11F3N2O. The van der Waals surface area contributed by atoms with Crippen LogP contribution in [-0.4, -0.2) is 11.2 Å². The van der Waals surface area contributed by atoms with Crippen LogP contribution < -0.4 is 10.5 Å². The van der Waals surface area contributed by atoms with Gasteiger partial charge in [-0.1, -0.05) is 18.2 Å². The fraction of sp³-hybridized carbons (Fsp3) is 0.154. The smallest absolute Gasteiger partial charge is 0.431 e. The Hall–Kier alpha value is -2.24. The molecule has 6 heteroatoms. The van der Waals surface area contributed by atoms with E-state index in [9.17, 15) is 13.2 Å². The number of aromatic nitrogens is 1. The number of rotatable bonds is 3. The molecule has 0 aliphatic rings. The maximum absolute atomic E-state index is 13.0. The molecule has 0 aliphatic heterocycles. The molecule has 0 fully saturated rings. The molecule has 1 atom stereocenters. The predicted octanol–water partition coefficient (Wildman–Crippen LogP) is 3.35. The number of benzene rings is 1. The Morgan fingerprint density at radius 1 is 1.05 bits per heavy atom. The third-order valence-corrected chi connectivity index (χ3v) is 2.42. The quantitative estimate of drug-likeness (QED) is 0.868. The van der Waals surface area contributed by atoms with E-state index in [0.29, 0.717) is 0 Å². The number of anilines is 1. The molecule has 0 amide bonds. The normalized spacial score (nSPS) is 13.0. The van der Waals surface area contributed by atoms with Crippen molar-refractivity contribution in [2.45, 2.75) is 12.3 Å². The molecule has 0 saturated carbocycles. The number of nitrogen functional groups attached to an aromatic ring is 1. The van der Waals surface area contributed by atoms with Crippen LogP contribution in [0.3, 0.4) is 0 Å². The van der Waals surface area contributed by atoms with Gasteiger partial charge in [-0.3, -0.25) is 4.98 Å². The predicted molar refractivity (Wildman–Crippen MR) is 64.5 cm³/mol. The van der Waals surface area contributed by atoms with Gasteiger partial charge >= 0.3 is 6.18 Å². The van der Waals surface area contributed by atoms with E-state index < -0.39 is 12.3 Å². The van der Waals surface area contributed by atoms with Crippen LogP contribution in [0.2, 0.25) is 0 Å². The molecule has 2 N–H and O–H groups in total. The van der Waals surface area contributed by atoms with Crippen LogP contribution in [0.5, 0.6) is 5.75 Å². The van der Waals surface area contributed by atoms with Crippen molar-refractivity contribution in [3.8, 4) is 5.75 Å². The SMILES string of the molecule is Nc1ccccc1OC(c1ccccn1)C(F)(F)F. The summed E-state index contributed by atoms with van der Waals surface area (Å²) in [7, 11) is 0. The number of halogens is 3. The highest BCUT2D eigenvalue weighted by Gasteiger charge is 2.44. The lowest BCUT2D eigenvalue weighted by Crippen LogP contribution is -2.27. The Labute approximate surface area is 107 Å². The first-order chi connectivity index (χ1) is 8.98. The van der Waals surface area contributed by atoms with Crippen LogP contribution in [0.15, 0.2) is 48.7 Å². The second-order valence-electron chi connectivity index (χ2n) is 3.83. The second-order valence-corrected chi connectivity index (χ2v) is 3.83. The highest BCUT2D eigenvalue weighted by Crippen LogP contribution is 2.37. The minimum absolute atomic E-state index is 0.0181. The van der Waals surface area contributed by atoms with Crippen molar-refractivity contribution >= 4 is 5.69 Å². The minimum Gasteiger partial charge on any atom is -0.472 e. The van der Waals surface area contributed by atoms with Gasteiger partial charge in [0, 0.05) is 6.20 Å². The van der Waals surface area contributed by atoms with E-state index in [4.69, 9.17) is 10.5 Å². The maximum Gasteiger partial charge on any atom is 0.431 e. The Balaban J connectivity index is 2.33. The molecule has 1 aromatic heterocycles. The first-order valence-corrected chi connectivity index (χ1v) is 5.47. The highest BCUT2D eigenvalue weighted by atomic mass is 19.4. The summed E-state index contributed by atoms with van der Waals surface area (Å²) in [6.45, 7) is 0. The molecule has 1 unspecified atom stereocenters. The van der Waals surface area contributed by atoms with E-state index in [-0.39, 0.29) is 17.1 Å². The van der Waals surface area contributed by atoms with E-state index in [1.807, 2.05) is 0 Å². The second kappa shape index (κ2) is 5.17. The highest BCUT2D eigenvalue weighted by molar-refractivity contribution is 5.52. The summed E-state index contributed by atoms with van der Waals surface area (Å²) in [5.41, 5.74) is 5.51. The van der Waals surface area contributed by atoms with E-state index in [2.05, 4.69) is 4.98 Å². The van der Waals surface area contributed by atoms with Crippen LogP contribution in [-0.2, 0) is 0 Å². The molecule has 19 heavy (non-hydrogen) atoms. The molecule has 2 rings (SSSR count). The van der Waals surface area contributed by atoms with Gasteiger partial charge in [0.25, 0.3) is 0 Å². The Kier molecular flexibility index (Phi) is 3.59. The molecule has 1 aromatic carbocycles. The van der Waals surface area contributed by atoms with Gasteiger partial charge in [0.1, 0.15) is 5.75 Å². The average molecular weight is 268 g/mol. The minimum atomic E-state index is -4.57. The van der Waals surface area contributed by atoms with Crippen LogP contribution in [0.25, 0.3) is 0 Å². The molecule has 0 radical (unpaired) electrons. The number of pyridine rings is 1. The molecule has 3 nitrogen and oxygen atoms in total. The third-order valence-electron chi connectivity index (χ3n) is 2.42. The Morgan fingerprint density at radius 3 is 2.32 bits per heavy atom. The van der Waals surface area contributed by atoms with Gasteiger partial charge in [-0.05, 0) is 24.3 Å².